The number of aromatic nitrogens is 2. The molecule has 0 bridgehead atoms. The van der Waals surface area contributed by atoms with Crippen LogP contribution < -0.4 is 0 Å². The summed E-state index contributed by atoms with van der Waals surface area (Å²) in [6.07, 6.45) is 2.64. The maximum Gasteiger partial charge on any atom is 0.289 e. The van der Waals surface area contributed by atoms with Gasteiger partial charge in [-0.2, -0.15) is 0 Å². The van der Waals surface area contributed by atoms with E-state index >= 15 is 0 Å². The number of para-hydroxylation sites is 1. The molecule has 0 aliphatic carbocycles. The number of hydrogen-bond donors (Lipinski definition) is 0. The summed E-state index contributed by atoms with van der Waals surface area (Å²) in [5.41, 5.74) is 2.66. The quantitative estimate of drug-likeness (QED) is 0.311. The number of carbonyl (C=O) groups excluding carboxylic acids is 1. The van der Waals surface area contributed by atoms with Crippen molar-refractivity contribution >= 4 is 40.0 Å². The van der Waals surface area contributed by atoms with Crippen LogP contribution >= 0.6 is 23.1 Å². The Morgan fingerprint density at radius 1 is 1.18 bits per heavy atom. The Kier molecular flexibility index (Phi) is 6.46. The molecule has 3 heterocycles. The average Bonchev–Trinajstić information content (AvgIpc) is 3.41. The van der Waals surface area contributed by atoms with E-state index in [1.54, 1.807) is 35.2 Å². The van der Waals surface area contributed by atoms with E-state index in [-0.39, 0.29) is 11.7 Å². The van der Waals surface area contributed by atoms with Crippen LogP contribution in [0.2, 0.25) is 0 Å². The number of furan rings is 1. The Bertz CT molecular complexity index is 1280. The summed E-state index contributed by atoms with van der Waals surface area (Å²) in [4.78, 5) is 15.4. The predicted octanol–water partition coefficient (Wildman–Crippen LogP) is 6.12. The Morgan fingerprint density at radius 2 is 2.00 bits per heavy atom. The van der Waals surface area contributed by atoms with Crippen molar-refractivity contribution in [1.29, 1.82) is 0 Å². The lowest BCUT2D eigenvalue weighted by Gasteiger charge is -2.31. The Hall–Kier alpha value is -2.71. The van der Waals surface area contributed by atoms with Crippen molar-refractivity contribution in [2.75, 3.05) is 13.1 Å². The lowest BCUT2D eigenvalue weighted by molar-refractivity contribution is 0.0659. The molecular formula is C25H24FN3O2S2. The summed E-state index contributed by atoms with van der Waals surface area (Å²) in [5, 5.41) is 10.2. The van der Waals surface area contributed by atoms with E-state index in [0.717, 1.165) is 50.7 Å². The highest BCUT2D eigenvalue weighted by molar-refractivity contribution is 8.00. The lowest BCUT2D eigenvalue weighted by atomic mass is 9.90. The standard InChI is InChI=1S/C25H24FN3O2S2/c1-16-27-28-25(33-16)32-15-21-20-7-2-3-8-22(20)31-23(21)24(30)29-11-9-17(10-12-29)13-18-5-4-6-19(26)14-18/h2-8,14,17H,9-13,15H2,1H3. The molecule has 8 heteroatoms. The van der Waals surface area contributed by atoms with Gasteiger partial charge < -0.3 is 9.32 Å². The Morgan fingerprint density at radius 3 is 2.76 bits per heavy atom. The number of nitrogens with zero attached hydrogens (tertiary/aromatic N) is 3. The molecule has 1 aliphatic rings. The summed E-state index contributed by atoms with van der Waals surface area (Å²) in [6.45, 7) is 3.29. The Labute approximate surface area is 200 Å². The predicted molar refractivity (Wildman–Crippen MR) is 129 cm³/mol. The topological polar surface area (TPSA) is 59.2 Å². The van der Waals surface area contributed by atoms with Gasteiger partial charge in [0.05, 0.1) is 0 Å². The number of thioether (sulfide) groups is 1. The summed E-state index contributed by atoms with van der Waals surface area (Å²) >= 11 is 3.13. The first-order valence-corrected chi connectivity index (χ1v) is 12.8. The van der Waals surface area contributed by atoms with Crippen LogP contribution in [0, 0.1) is 18.7 Å². The largest absolute Gasteiger partial charge is 0.451 e. The SMILES string of the molecule is Cc1nnc(SCc2c(C(=O)N3CCC(Cc4cccc(F)c4)CC3)oc3ccccc23)s1. The van der Waals surface area contributed by atoms with Crippen LogP contribution in [0.3, 0.4) is 0 Å². The molecular weight excluding hydrogens is 457 g/mol. The highest BCUT2D eigenvalue weighted by Gasteiger charge is 2.29. The van der Waals surface area contributed by atoms with Crippen LogP contribution in [-0.2, 0) is 12.2 Å². The van der Waals surface area contributed by atoms with Crippen molar-refractivity contribution < 1.29 is 13.6 Å². The normalized spacial score (nSPS) is 14.8. The van der Waals surface area contributed by atoms with Gasteiger partial charge in [0.2, 0.25) is 0 Å². The van der Waals surface area contributed by atoms with Crippen LogP contribution in [-0.4, -0.2) is 34.1 Å². The Balaban J connectivity index is 1.30. The zero-order valence-corrected chi connectivity index (χ0v) is 19.9. The van der Waals surface area contributed by atoms with E-state index in [0.29, 0.717) is 30.5 Å². The van der Waals surface area contributed by atoms with Gasteiger partial charge >= 0.3 is 0 Å². The van der Waals surface area contributed by atoms with E-state index in [2.05, 4.69) is 10.2 Å². The summed E-state index contributed by atoms with van der Waals surface area (Å²) in [6, 6.07) is 14.6. The van der Waals surface area contributed by atoms with Crippen molar-refractivity contribution in [3.05, 3.63) is 76.2 Å². The molecule has 0 spiro atoms. The molecule has 0 unspecified atom stereocenters. The number of piperidine rings is 1. The molecule has 2 aromatic heterocycles. The number of hydrogen-bond acceptors (Lipinski definition) is 6. The van der Waals surface area contributed by atoms with Gasteiger partial charge in [-0.25, -0.2) is 4.39 Å². The first-order valence-electron chi connectivity index (χ1n) is 11.0. The van der Waals surface area contributed by atoms with Crippen LogP contribution in [0.5, 0.6) is 0 Å². The highest BCUT2D eigenvalue weighted by atomic mass is 32.2. The first-order chi connectivity index (χ1) is 16.1. The molecule has 0 radical (unpaired) electrons. The smallest absolute Gasteiger partial charge is 0.289 e. The zero-order valence-electron chi connectivity index (χ0n) is 18.3. The van der Waals surface area contributed by atoms with Gasteiger partial charge in [-0.15, -0.1) is 10.2 Å². The molecule has 33 heavy (non-hydrogen) atoms. The second-order valence-electron chi connectivity index (χ2n) is 8.35. The van der Waals surface area contributed by atoms with E-state index in [1.165, 1.54) is 6.07 Å². The third-order valence-corrected chi connectivity index (χ3v) is 8.05. The van der Waals surface area contributed by atoms with Crippen LogP contribution in [0.15, 0.2) is 57.3 Å². The minimum absolute atomic E-state index is 0.0561. The van der Waals surface area contributed by atoms with Gasteiger partial charge in [-0.1, -0.05) is 53.4 Å². The monoisotopic (exact) mass is 481 g/mol. The minimum atomic E-state index is -0.195. The van der Waals surface area contributed by atoms with E-state index < -0.39 is 0 Å². The molecule has 1 aliphatic heterocycles. The summed E-state index contributed by atoms with van der Waals surface area (Å²) in [7, 11) is 0. The summed E-state index contributed by atoms with van der Waals surface area (Å²) in [5.74, 6) is 1.22. The zero-order chi connectivity index (χ0) is 22.8. The van der Waals surface area contributed by atoms with Crippen LogP contribution in [0.25, 0.3) is 11.0 Å². The minimum Gasteiger partial charge on any atom is -0.451 e. The fourth-order valence-corrected chi connectivity index (χ4v) is 6.21. The van der Waals surface area contributed by atoms with Crippen molar-refractivity contribution in [3.8, 4) is 0 Å². The second kappa shape index (κ2) is 9.65. The maximum atomic E-state index is 13.5. The molecule has 1 amide bonds. The van der Waals surface area contributed by atoms with Gasteiger partial charge in [-0.3, -0.25) is 4.79 Å². The number of carbonyl (C=O) groups is 1. The van der Waals surface area contributed by atoms with Crippen LogP contribution in [0.4, 0.5) is 4.39 Å². The number of fused-ring (bicyclic) bond motifs is 1. The van der Waals surface area contributed by atoms with E-state index in [1.807, 2.05) is 42.2 Å². The third kappa shape index (κ3) is 4.96. The van der Waals surface area contributed by atoms with Gasteiger partial charge in [0.1, 0.15) is 16.4 Å². The molecule has 1 saturated heterocycles. The number of benzene rings is 2. The molecule has 0 saturated carbocycles. The van der Waals surface area contributed by atoms with E-state index in [9.17, 15) is 9.18 Å². The molecule has 170 valence electrons. The van der Waals surface area contributed by atoms with Gasteiger partial charge in [0.15, 0.2) is 10.1 Å². The first kappa shape index (κ1) is 22.1. The van der Waals surface area contributed by atoms with Crippen molar-refractivity contribution in [1.82, 2.24) is 15.1 Å². The maximum absolute atomic E-state index is 13.5. The van der Waals surface area contributed by atoms with Gasteiger partial charge in [-0.05, 0) is 55.9 Å². The van der Waals surface area contributed by atoms with Crippen molar-refractivity contribution in [3.63, 3.8) is 0 Å². The van der Waals surface area contributed by atoms with Crippen molar-refractivity contribution in [2.45, 2.75) is 36.3 Å². The molecule has 2 aromatic carbocycles. The molecule has 0 atom stereocenters. The fraction of sp³-hybridized carbons (Fsp3) is 0.320. The summed E-state index contributed by atoms with van der Waals surface area (Å²) < 4.78 is 20.5. The molecule has 5 rings (SSSR count). The van der Waals surface area contributed by atoms with Gasteiger partial charge in [0, 0.05) is 29.8 Å². The molecule has 4 aromatic rings. The number of likely N-dealkylation sites (tertiary alicyclic amines) is 1. The molecule has 5 nitrogen and oxygen atoms in total. The van der Waals surface area contributed by atoms with Crippen molar-refractivity contribution in [2.24, 2.45) is 5.92 Å². The average molecular weight is 482 g/mol. The number of amides is 1. The lowest BCUT2D eigenvalue weighted by Crippen LogP contribution is -2.39. The molecule has 1 fully saturated rings. The number of rotatable bonds is 6. The van der Waals surface area contributed by atoms with Crippen LogP contribution in [0.1, 0.15) is 39.5 Å². The second-order valence-corrected chi connectivity index (χ2v) is 10.8. The number of aryl methyl sites for hydroxylation is 1. The van der Waals surface area contributed by atoms with Gasteiger partial charge in [0.25, 0.3) is 5.91 Å². The third-order valence-electron chi connectivity index (χ3n) is 6.06. The highest BCUT2D eigenvalue weighted by Crippen LogP contribution is 2.34. The number of halogens is 1. The molecule has 0 N–H and O–H groups in total. The van der Waals surface area contributed by atoms with E-state index in [4.69, 9.17) is 4.42 Å². The fourth-order valence-electron chi connectivity index (χ4n) is 4.37.